The van der Waals surface area contributed by atoms with E-state index in [-0.39, 0.29) is 24.3 Å². The SMILES string of the molecule is CC(C)(C)CCN1C(=O)[C@@H](CC(=O)O)SC1c1cccc(F)c1N1CC[C@H](F)C1. The molecule has 1 aromatic carbocycles. The highest BCUT2D eigenvalue weighted by Gasteiger charge is 2.44. The number of hydrogen-bond donors (Lipinski definition) is 1. The molecule has 0 spiro atoms. The van der Waals surface area contributed by atoms with Crippen LogP contribution in [0.4, 0.5) is 14.5 Å². The highest BCUT2D eigenvalue weighted by Crippen LogP contribution is 2.48. The maximum Gasteiger partial charge on any atom is 0.305 e. The minimum absolute atomic E-state index is 0.0124. The third kappa shape index (κ3) is 5.02. The van der Waals surface area contributed by atoms with Gasteiger partial charge in [-0.15, -0.1) is 11.8 Å². The van der Waals surface area contributed by atoms with Crippen molar-refractivity contribution >= 4 is 29.3 Å². The Bertz CT molecular complexity index is 784. The van der Waals surface area contributed by atoms with Gasteiger partial charge in [0.15, 0.2) is 0 Å². The normalized spacial score (nSPS) is 25.1. The molecule has 0 aromatic heterocycles. The van der Waals surface area contributed by atoms with Crippen LogP contribution in [0.1, 0.15) is 51.0 Å². The van der Waals surface area contributed by atoms with Crippen LogP contribution < -0.4 is 4.90 Å². The summed E-state index contributed by atoms with van der Waals surface area (Å²) in [5.41, 5.74) is 0.926. The van der Waals surface area contributed by atoms with Gasteiger partial charge in [0.05, 0.1) is 17.4 Å². The second-order valence-corrected chi connectivity index (χ2v) is 10.2. The number of benzene rings is 1. The van der Waals surface area contributed by atoms with Gasteiger partial charge in [0.2, 0.25) is 5.91 Å². The van der Waals surface area contributed by atoms with Crippen molar-refractivity contribution in [1.82, 2.24) is 4.90 Å². The lowest BCUT2D eigenvalue weighted by Crippen LogP contribution is -2.35. The minimum Gasteiger partial charge on any atom is -0.481 e. The molecular formula is C21H28F2N2O3S. The zero-order valence-electron chi connectivity index (χ0n) is 17.0. The average Bonchev–Trinajstić information content (AvgIpc) is 3.16. The average molecular weight is 427 g/mol. The molecule has 0 aliphatic carbocycles. The van der Waals surface area contributed by atoms with Gasteiger partial charge in [-0.1, -0.05) is 32.9 Å². The molecule has 0 bridgehead atoms. The monoisotopic (exact) mass is 426 g/mol. The summed E-state index contributed by atoms with van der Waals surface area (Å²) in [6.07, 6.45) is -0.194. The number of para-hydroxylation sites is 1. The fraction of sp³-hybridized carbons (Fsp3) is 0.619. The molecule has 2 saturated heterocycles. The van der Waals surface area contributed by atoms with E-state index in [9.17, 15) is 23.5 Å². The summed E-state index contributed by atoms with van der Waals surface area (Å²) in [6.45, 7) is 7.22. The summed E-state index contributed by atoms with van der Waals surface area (Å²) in [5.74, 6) is -1.71. The van der Waals surface area contributed by atoms with Crippen LogP contribution in [0.5, 0.6) is 0 Å². The minimum atomic E-state index is -1.04. The molecule has 0 radical (unpaired) electrons. The number of thioether (sulfide) groups is 1. The largest absolute Gasteiger partial charge is 0.481 e. The number of halogens is 2. The topological polar surface area (TPSA) is 60.9 Å². The predicted octanol–water partition coefficient (Wildman–Crippen LogP) is 4.23. The number of hydrogen-bond acceptors (Lipinski definition) is 4. The van der Waals surface area contributed by atoms with Crippen molar-refractivity contribution in [2.75, 3.05) is 24.5 Å². The van der Waals surface area contributed by atoms with Gasteiger partial charge in [-0.05, 0) is 24.3 Å². The molecule has 29 heavy (non-hydrogen) atoms. The molecule has 3 atom stereocenters. The number of carbonyl (C=O) groups excluding carboxylic acids is 1. The Labute approximate surface area is 174 Å². The highest BCUT2D eigenvalue weighted by atomic mass is 32.2. The zero-order valence-corrected chi connectivity index (χ0v) is 17.8. The molecule has 160 valence electrons. The first kappa shape index (κ1) is 21.9. The van der Waals surface area contributed by atoms with Crippen molar-refractivity contribution in [2.24, 2.45) is 5.41 Å². The fourth-order valence-corrected chi connectivity index (χ4v) is 5.29. The molecule has 1 unspecified atom stereocenters. The summed E-state index contributed by atoms with van der Waals surface area (Å²) in [6, 6.07) is 4.71. The molecule has 0 saturated carbocycles. The van der Waals surface area contributed by atoms with E-state index in [2.05, 4.69) is 20.8 Å². The lowest BCUT2D eigenvalue weighted by molar-refractivity contribution is -0.140. The number of alkyl halides is 1. The van der Waals surface area contributed by atoms with Crippen molar-refractivity contribution in [3.63, 3.8) is 0 Å². The van der Waals surface area contributed by atoms with Crippen molar-refractivity contribution < 1.29 is 23.5 Å². The van der Waals surface area contributed by atoms with Crippen LogP contribution in [0.15, 0.2) is 18.2 Å². The fourth-order valence-electron chi connectivity index (χ4n) is 3.79. The number of rotatable bonds is 6. The van der Waals surface area contributed by atoms with Gasteiger partial charge in [-0.25, -0.2) is 8.78 Å². The molecule has 2 aliphatic heterocycles. The van der Waals surface area contributed by atoms with Crippen molar-refractivity contribution in [2.45, 2.75) is 56.8 Å². The van der Waals surface area contributed by atoms with Crippen LogP contribution in [0.25, 0.3) is 0 Å². The number of carbonyl (C=O) groups is 2. The third-order valence-electron chi connectivity index (χ3n) is 5.33. The first-order valence-electron chi connectivity index (χ1n) is 9.92. The summed E-state index contributed by atoms with van der Waals surface area (Å²) >= 11 is 1.25. The number of carboxylic acids is 1. The molecule has 1 amide bonds. The Hall–Kier alpha value is -1.83. The van der Waals surface area contributed by atoms with Crippen LogP contribution in [-0.2, 0) is 9.59 Å². The van der Waals surface area contributed by atoms with E-state index in [4.69, 9.17) is 0 Å². The molecule has 8 heteroatoms. The zero-order chi connectivity index (χ0) is 21.3. The smallest absolute Gasteiger partial charge is 0.305 e. The first-order valence-corrected chi connectivity index (χ1v) is 10.9. The number of anilines is 1. The molecule has 2 aliphatic rings. The van der Waals surface area contributed by atoms with E-state index < -0.39 is 28.6 Å². The molecule has 3 rings (SSSR count). The van der Waals surface area contributed by atoms with E-state index in [1.54, 1.807) is 21.9 Å². The standard InChI is InChI=1S/C21H28F2N2O3S/c1-21(2,3)8-10-25-19(28)16(11-17(26)27)29-20(25)14-5-4-6-15(23)18(14)24-9-7-13(22)12-24/h4-6,13,16,20H,7-12H2,1-3H3,(H,26,27)/t13-,16+,20?/m0/s1. The van der Waals surface area contributed by atoms with Crippen molar-refractivity contribution in [3.8, 4) is 0 Å². The van der Waals surface area contributed by atoms with Crippen LogP contribution >= 0.6 is 11.8 Å². The third-order valence-corrected chi connectivity index (χ3v) is 6.79. The Morgan fingerprint density at radius 3 is 2.66 bits per heavy atom. The lowest BCUT2D eigenvalue weighted by atomic mass is 9.92. The maximum absolute atomic E-state index is 14.8. The van der Waals surface area contributed by atoms with Crippen molar-refractivity contribution in [1.29, 1.82) is 0 Å². The highest BCUT2D eigenvalue weighted by molar-refractivity contribution is 8.01. The van der Waals surface area contributed by atoms with E-state index in [1.807, 2.05) is 0 Å². The Morgan fingerprint density at radius 1 is 1.34 bits per heavy atom. The maximum atomic E-state index is 14.8. The van der Waals surface area contributed by atoms with Crippen LogP contribution in [0.2, 0.25) is 0 Å². The molecule has 2 fully saturated rings. The summed E-state index contributed by atoms with van der Waals surface area (Å²) in [5, 5.41) is 8.01. The van der Waals surface area contributed by atoms with E-state index in [0.717, 1.165) is 6.42 Å². The van der Waals surface area contributed by atoms with Gasteiger partial charge in [0.25, 0.3) is 0 Å². The predicted molar refractivity (Wildman–Crippen MR) is 110 cm³/mol. The molecular weight excluding hydrogens is 398 g/mol. The Morgan fingerprint density at radius 2 is 2.07 bits per heavy atom. The summed E-state index contributed by atoms with van der Waals surface area (Å²) in [7, 11) is 0. The Kier molecular flexibility index (Phi) is 6.41. The Balaban J connectivity index is 1.96. The van der Waals surface area contributed by atoms with E-state index in [1.165, 1.54) is 17.8 Å². The van der Waals surface area contributed by atoms with Gasteiger partial charge < -0.3 is 14.9 Å². The number of carboxylic acid groups (broad SMARTS) is 1. The number of amides is 1. The summed E-state index contributed by atoms with van der Waals surface area (Å²) < 4.78 is 28.6. The molecule has 2 heterocycles. The van der Waals surface area contributed by atoms with Crippen molar-refractivity contribution in [3.05, 3.63) is 29.6 Å². The number of aliphatic carboxylic acids is 1. The van der Waals surface area contributed by atoms with Crippen LogP contribution in [0, 0.1) is 11.2 Å². The first-order chi connectivity index (χ1) is 13.6. The van der Waals surface area contributed by atoms with Crippen LogP contribution in [-0.4, -0.2) is 52.9 Å². The van der Waals surface area contributed by atoms with Crippen LogP contribution in [0.3, 0.4) is 0 Å². The molecule has 5 nitrogen and oxygen atoms in total. The summed E-state index contributed by atoms with van der Waals surface area (Å²) in [4.78, 5) is 27.6. The van der Waals surface area contributed by atoms with E-state index >= 15 is 0 Å². The van der Waals surface area contributed by atoms with E-state index in [0.29, 0.717) is 30.8 Å². The molecule has 1 N–H and O–H groups in total. The second kappa shape index (κ2) is 8.50. The number of nitrogens with zero attached hydrogens (tertiary/aromatic N) is 2. The quantitative estimate of drug-likeness (QED) is 0.738. The van der Waals surface area contributed by atoms with Gasteiger partial charge in [0.1, 0.15) is 17.4 Å². The lowest BCUT2D eigenvalue weighted by Gasteiger charge is -2.31. The van der Waals surface area contributed by atoms with Gasteiger partial charge in [-0.3, -0.25) is 9.59 Å². The molecule has 1 aromatic rings. The van der Waals surface area contributed by atoms with Gasteiger partial charge >= 0.3 is 5.97 Å². The van der Waals surface area contributed by atoms with Gasteiger partial charge in [0, 0.05) is 25.2 Å². The second-order valence-electron chi connectivity index (χ2n) is 8.93. The van der Waals surface area contributed by atoms with Gasteiger partial charge in [-0.2, -0.15) is 0 Å².